The number of hydrogen-bond acceptors (Lipinski definition) is 3. The van der Waals surface area contributed by atoms with Gasteiger partial charge in [-0.25, -0.2) is 4.98 Å². The van der Waals surface area contributed by atoms with Crippen molar-refractivity contribution in [2.24, 2.45) is 0 Å². The van der Waals surface area contributed by atoms with Gasteiger partial charge in [-0.1, -0.05) is 23.8 Å². The van der Waals surface area contributed by atoms with E-state index in [1.54, 1.807) is 18.4 Å². The van der Waals surface area contributed by atoms with Crippen LogP contribution in [-0.4, -0.2) is 12.1 Å². The number of aromatic nitrogens is 1. The second-order valence-corrected chi connectivity index (χ2v) is 6.66. The van der Waals surface area contributed by atoms with E-state index >= 15 is 0 Å². The molecule has 3 nitrogen and oxygen atoms in total. The van der Waals surface area contributed by atoms with Crippen molar-refractivity contribution in [2.75, 3.05) is 7.11 Å². The summed E-state index contributed by atoms with van der Waals surface area (Å²) in [6.07, 6.45) is 0. The predicted molar refractivity (Wildman–Crippen MR) is 91.4 cm³/mol. The molecule has 1 heterocycles. The molecule has 3 aromatic rings. The first kappa shape index (κ1) is 15.0. The highest BCUT2D eigenvalue weighted by Crippen LogP contribution is 2.24. The lowest BCUT2D eigenvalue weighted by Crippen LogP contribution is -2.83. The van der Waals surface area contributed by atoms with E-state index in [0.717, 1.165) is 17.8 Å². The van der Waals surface area contributed by atoms with Crippen LogP contribution in [0.1, 0.15) is 29.1 Å². The molecule has 1 atom stereocenters. The average Bonchev–Trinajstić information content (AvgIpc) is 2.95. The van der Waals surface area contributed by atoms with Gasteiger partial charge in [-0.3, -0.25) is 0 Å². The number of nitrogens with two attached hydrogens (primary N) is 1. The molecule has 4 heteroatoms. The first-order chi connectivity index (χ1) is 10.7. The van der Waals surface area contributed by atoms with Crippen molar-refractivity contribution in [1.82, 2.24) is 4.98 Å². The first-order valence-corrected chi connectivity index (χ1v) is 8.31. The number of fused-ring (bicyclic) bond motifs is 1. The summed E-state index contributed by atoms with van der Waals surface area (Å²) in [4.78, 5) is 4.69. The van der Waals surface area contributed by atoms with Gasteiger partial charge in [0.25, 0.3) is 0 Å². The van der Waals surface area contributed by atoms with Crippen molar-refractivity contribution < 1.29 is 10.1 Å². The van der Waals surface area contributed by atoms with E-state index in [2.05, 4.69) is 49.5 Å². The summed E-state index contributed by atoms with van der Waals surface area (Å²) in [5.41, 5.74) is 3.59. The molecule has 0 spiro atoms. The highest BCUT2D eigenvalue weighted by Gasteiger charge is 2.15. The fraction of sp³-hybridized carbons (Fsp3) is 0.278. The maximum absolute atomic E-state index is 5.49. The zero-order valence-electron chi connectivity index (χ0n) is 13.2. The maximum atomic E-state index is 5.49. The second kappa shape index (κ2) is 6.46. The molecule has 114 valence electrons. The Morgan fingerprint density at radius 2 is 2.05 bits per heavy atom. The van der Waals surface area contributed by atoms with Gasteiger partial charge in [0.15, 0.2) is 0 Å². The average molecular weight is 313 g/mol. The summed E-state index contributed by atoms with van der Waals surface area (Å²) < 4.78 is 6.74. The topological polar surface area (TPSA) is 38.7 Å². The van der Waals surface area contributed by atoms with Gasteiger partial charge >= 0.3 is 0 Å². The minimum atomic E-state index is 0.335. The van der Waals surface area contributed by atoms with E-state index in [-0.39, 0.29) is 0 Å². The van der Waals surface area contributed by atoms with Crippen LogP contribution < -0.4 is 10.1 Å². The highest BCUT2D eigenvalue weighted by molar-refractivity contribution is 7.18. The molecule has 0 saturated carbocycles. The molecule has 0 radical (unpaired) electrons. The third kappa shape index (κ3) is 3.13. The third-order valence-electron chi connectivity index (χ3n) is 3.86. The Hall–Kier alpha value is -1.91. The van der Waals surface area contributed by atoms with Crippen LogP contribution >= 0.6 is 11.3 Å². The van der Waals surface area contributed by atoms with Crippen molar-refractivity contribution in [3.05, 3.63) is 58.6 Å². The van der Waals surface area contributed by atoms with Crippen LogP contribution in [0.4, 0.5) is 0 Å². The molecule has 1 aromatic heterocycles. The fourth-order valence-electron chi connectivity index (χ4n) is 2.62. The predicted octanol–water partition coefficient (Wildman–Crippen LogP) is 3.44. The van der Waals surface area contributed by atoms with E-state index in [0.29, 0.717) is 6.04 Å². The molecule has 0 aliphatic heterocycles. The minimum Gasteiger partial charge on any atom is -0.496 e. The lowest BCUT2D eigenvalue weighted by Gasteiger charge is -2.14. The Morgan fingerprint density at radius 3 is 2.82 bits per heavy atom. The molecule has 3 rings (SSSR count). The van der Waals surface area contributed by atoms with Gasteiger partial charge < -0.3 is 10.1 Å². The Morgan fingerprint density at radius 1 is 1.23 bits per heavy atom. The zero-order valence-corrected chi connectivity index (χ0v) is 14.0. The number of thiazole rings is 1. The van der Waals surface area contributed by atoms with Crippen LogP contribution in [0.2, 0.25) is 0 Å². The molecule has 0 saturated heterocycles. The summed E-state index contributed by atoms with van der Waals surface area (Å²) in [5.74, 6) is 0.957. The minimum absolute atomic E-state index is 0.335. The lowest BCUT2D eigenvalue weighted by atomic mass is 10.0. The number of ether oxygens (including phenoxy) is 1. The molecule has 0 bridgehead atoms. The molecular weight excluding hydrogens is 292 g/mol. The fourth-order valence-corrected chi connectivity index (χ4v) is 3.56. The number of para-hydroxylation sites is 1. The summed E-state index contributed by atoms with van der Waals surface area (Å²) in [7, 11) is 1.73. The summed E-state index contributed by atoms with van der Waals surface area (Å²) in [6.45, 7) is 5.21. The molecular formula is C18H21N2OS+. The SMILES string of the molecule is COc1ccc(C)cc1[C@@H](C)[NH2+]Cc1nc2ccccc2s1. The summed E-state index contributed by atoms with van der Waals surface area (Å²) >= 11 is 1.77. The third-order valence-corrected chi connectivity index (χ3v) is 4.92. The van der Waals surface area contributed by atoms with Gasteiger partial charge in [-0.05, 0) is 38.1 Å². The van der Waals surface area contributed by atoms with Gasteiger partial charge in [0, 0.05) is 0 Å². The largest absolute Gasteiger partial charge is 0.496 e. The van der Waals surface area contributed by atoms with Gasteiger partial charge in [-0.15, -0.1) is 11.3 Å². The van der Waals surface area contributed by atoms with E-state index in [1.807, 2.05) is 12.1 Å². The highest BCUT2D eigenvalue weighted by atomic mass is 32.1. The van der Waals surface area contributed by atoms with E-state index in [9.17, 15) is 0 Å². The van der Waals surface area contributed by atoms with Crippen molar-refractivity contribution in [3.8, 4) is 5.75 Å². The van der Waals surface area contributed by atoms with E-state index in [1.165, 1.54) is 20.8 Å². The normalized spacial score (nSPS) is 12.5. The molecule has 2 N–H and O–H groups in total. The second-order valence-electron chi connectivity index (χ2n) is 5.55. The smallest absolute Gasteiger partial charge is 0.148 e. The van der Waals surface area contributed by atoms with Crippen LogP contribution in [-0.2, 0) is 6.54 Å². The van der Waals surface area contributed by atoms with Crippen molar-refractivity contribution >= 4 is 21.6 Å². The molecule has 0 aliphatic carbocycles. The number of aryl methyl sites for hydroxylation is 1. The molecule has 0 fully saturated rings. The standard InChI is InChI=1S/C18H20N2OS/c1-12-8-9-16(21-3)14(10-12)13(2)19-11-18-20-15-6-4-5-7-17(15)22-18/h4-10,13,19H,11H2,1-3H3/p+1/t13-/m1/s1. The van der Waals surface area contributed by atoms with Crippen molar-refractivity contribution in [2.45, 2.75) is 26.4 Å². The number of hydrogen-bond donors (Lipinski definition) is 1. The molecule has 0 aliphatic rings. The number of quaternary nitrogens is 1. The van der Waals surface area contributed by atoms with Crippen LogP contribution in [0.3, 0.4) is 0 Å². The molecule has 22 heavy (non-hydrogen) atoms. The maximum Gasteiger partial charge on any atom is 0.148 e. The first-order valence-electron chi connectivity index (χ1n) is 7.49. The van der Waals surface area contributed by atoms with Crippen molar-refractivity contribution in [3.63, 3.8) is 0 Å². The summed E-state index contributed by atoms with van der Waals surface area (Å²) in [5, 5.41) is 3.48. The van der Waals surface area contributed by atoms with Crippen LogP contribution in [0.5, 0.6) is 5.75 Å². The quantitative estimate of drug-likeness (QED) is 0.783. The monoisotopic (exact) mass is 313 g/mol. The Labute approximate surface area is 135 Å². The van der Waals surface area contributed by atoms with E-state index in [4.69, 9.17) is 9.72 Å². The number of methoxy groups -OCH3 is 1. The van der Waals surface area contributed by atoms with Gasteiger partial charge in [0.2, 0.25) is 0 Å². The Balaban J connectivity index is 1.74. The molecule has 0 unspecified atom stereocenters. The Bertz CT molecular complexity index is 749. The van der Waals surface area contributed by atoms with Crippen molar-refractivity contribution in [1.29, 1.82) is 0 Å². The summed E-state index contributed by atoms with van der Waals surface area (Å²) in [6, 6.07) is 15.0. The van der Waals surface area contributed by atoms with Gasteiger partial charge in [-0.2, -0.15) is 0 Å². The van der Waals surface area contributed by atoms with E-state index < -0.39 is 0 Å². The Kier molecular flexibility index (Phi) is 4.41. The molecule has 0 amide bonds. The van der Waals surface area contributed by atoms with Gasteiger partial charge in [0.05, 0.1) is 22.9 Å². The number of benzene rings is 2. The zero-order chi connectivity index (χ0) is 15.5. The van der Waals surface area contributed by atoms with Crippen LogP contribution in [0.25, 0.3) is 10.2 Å². The number of nitrogens with zero attached hydrogens (tertiary/aromatic N) is 1. The molecule has 2 aromatic carbocycles. The van der Waals surface area contributed by atoms with Crippen LogP contribution in [0, 0.1) is 6.92 Å². The lowest BCUT2D eigenvalue weighted by molar-refractivity contribution is -0.707. The van der Waals surface area contributed by atoms with Crippen LogP contribution in [0.15, 0.2) is 42.5 Å². The van der Waals surface area contributed by atoms with Gasteiger partial charge in [0.1, 0.15) is 23.3 Å². The number of rotatable bonds is 5.